The molecule has 118 valence electrons. The normalized spacial score (nSPS) is 30.1. The van der Waals surface area contributed by atoms with Crippen LogP contribution in [0.25, 0.3) is 0 Å². The van der Waals surface area contributed by atoms with Crippen LogP contribution < -0.4 is 5.73 Å². The molecule has 4 nitrogen and oxygen atoms in total. The lowest BCUT2D eigenvalue weighted by Crippen LogP contribution is -2.54. The van der Waals surface area contributed by atoms with Crippen LogP contribution in [-0.2, 0) is 14.2 Å². The lowest BCUT2D eigenvalue weighted by Gasteiger charge is -2.47. The maximum Gasteiger partial charge on any atom is 0.0772 e. The van der Waals surface area contributed by atoms with Gasteiger partial charge in [0.25, 0.3) is 0 Å². The zero-order valence-corrected chi connectivity index (χ0v) is 13.5. The first-order chi connectivity index (χ1) is 9.38. The number of hydrogen-bond donors (Lipinski definition) is 1. The van der Waals surface area contributed by atoms with Crippen molar-refractivity contribution < 1.29 is 14.2 Å². The van der Waals surface area contributed by atoms with E-state index >= 15 is 0 Å². The van der Waals surface area contributed by atoms with Gasteiger partial charge < -0.3 is 19.9 Å². The van der Waals surface area contributed by atoms with E-state index in [0.29, 0.717) is 5.92 Å². The fourth-order valence-corrected chi connectivity index (χ4v) is 3.82. The molecular weight excluding hydrogens is 254 g/mol. The molecule has 2 saturated heterocycles. The van der Waals surface area contributed by atoms with Crippen molar-refractivity contribution in [3.05, 3.63) is 0 Å². The van der Waals surface area contributed by atoms with Crippen LogP contribution in [0.2, 0.25) is 0 Å². The third-order valence-corrected chi connectivity index (χ3v) is 4.94. The Kier molecular flexibility index (Phi) is 5.11. The van der Waals surface area contributed by atoms with Crippen molar-refractivity contribution in [3.8, 4) is 0 Å². The van der Waals surface area contributed by atoms with E-state index in [0.717, 1.165) is 45.5 Å². The minimum atomic E-state index is 0.00889. The predicted molar refractivity (Wildman–Crippen MR) is 79.7 cm³/mol. The van der Waals surface area contributed by atoms with Crippen LogP contribution in [0, 0.1) is 11.3 Å². The van der Waals surface area contributed by atoms with Crippen LogP contribution in [0.4, 0.5) is 0 Å². The minimum absolute atomic E-state index is 0.00889. The number of rotatable bonds is 3. The second kappa shape index (κ2) is 6.30. The maximum absolute atomic E-state index is 6.57. The monoisotopic (exact) mass is 285 g/mol. The molecule has 0 aliphatic carbocycles. The molecule has 1 spiro atoms. The highest BCUT2D eigenvalue weighted by Gasteiger charge is 2.43. The molecular formula is C16H31NO3. The fraction of sp³-hybridized carbons (Fsp3) is 1.00. The van der Waals surface area contributed by atoms with E-state index in [-0.39, 0.29) is 23.2 Å². The van der Waals surface area contributed by atoms with E-state index in [1.165, 1.54) is 0 Å². The quantitative estimate of drug-likeness (QED) is 0.865. The van der Waals surface area contributed by atoms with Gasteiger partial charge in [-0.3, -0.25) is 0 Å². The van der Waals surface area contributed by atoms with Gasteiger partial charge in [-0.25, -0.2) is 0 Å². The van der Waals surface area contributed by atoms with E-state index in [9.17, 15) is 0 Å². The van der Waals surface area contributed by atoms with E-state index in [4.69, 9.17) is 19.9 Å². The third kappa shape index (κ3) is 3.53. The summed E-state index contributed by atoms with van der Waals surface area (Å²) < 4.78 is 17.3. The second-order valence-electron chi connectivity index (χ2n) is 7.50. The van der Waals surface area contributed by atoms with Crippen molar-refractivity contribution in [2.45, 2.75) is 64.2 Å². The van der Waals surface area contributed by atoms with E-state index < -0.39 is 0 Å². The van der Waals surface area contributed by atoms with Gasteiger partial charge in [0.15, 0.2) is 0 Å². The summed E-state index contributed by atoms with van der Waals surface area (Å²) in [6, 6.07) is 0.0728. The second-order valence-corrected chi connectivity index (χ2v) is 7.50. The lowest BCUT2D eigenvalue weighted by molar-refractivity contribution is -0.155. The molecule has 0 aromatic carbocycles. The van der Waals surface area contributed by atoms with Crippen molar-refractivity contribution in [1.82, 2.24) is 0 Å². The van der Waals surface area contributed by atoms with Gasteiger partial charge in [0.2, 0.25) is 0 Å². The fourth-order valence-electron chi connectivity index (χ4n) is 3.82. The predicted octanol–water partition coefficient (Wildman–Crippen LogP) is 2.35. The topological polar surface area (TPSA) is 53.7 Å². The van der Waals surface area contributed by atoms with Gasteiger partial charge in [-0.05, 0) is 37.0 Å². The van der Waals surface area contributed by atoms with Crippen LogP contribution in [-0.4, -0.2) is 44.7 Å². The van der Waals surface area contributed by atoms with Crippen LogP contribution in [0.3, 0.4) is 0 Å². The first kappa shape index (κ1) is 16.2. The Morgan fingerprint density at radius 3 is 2.40 bits per heavy atom. The number of methoxy groups -OCH3 is 1. The van der Waals surface area contributed by atoms with E-state index in [1.807, 2.05) is 0 Å². The van der Waals surface area contributed by atoms with Crippen LogP contribution >= 0.6 is 0 Å². The average Bonchev–Trinajstić information content (AvgIpc) is 2.38. The molecule has 20 heavy (non-hydrogen) atoms. The summed E-state index contributed by atoms with van der Waals surface area (Å²) in [5, 5.41) is 0. The largest absolute Gasteiger partial charge is 0.381 e. The molecule has 0 bridgehead atoms. The van der Waals surface area contributed by atoms with Crippen molar-refractivity contribution in [2.24, 2.45) is 17.1 Å². The van der Waals surface area contributed by atoms with Crippen molar-refractivity contribution in [1.29, 1.82) is 0 Å². The molecule has 0 aromatic rings. The van der Waals surface area contributed by atoms with Crippen molar-refractivity contribution >= 4 is 0 Å². The third-order valence-electron chi connectivity index (χ3n) is 4.94. The molecule has 3 atom stereocenters. The molecule has 0 amide bonds. The van der Waals surface area contributed by atoms with Gasteiger partial charge in [-0.2, -0.15) is 0 Å². The standard InChI is InChI=1S/C16H31NO3/c1-15(2,3)14(18-4)13(17)12-5-8-20-16(11-12)6-9-19-10-7-16/h12-14H,5-11,17H2,1-4H3. The van der Waals surface area contributed by atoms with Crippen molar-refractivity contribution in [3.63, 3.8) is 0 Å². The molecule has 0 aromatic heterocycles. The average molecular weight is 285 g/mol. The summed E-state index contributed by atoms with van der Waals surface area (Å²) in [6.07, 6.45) is 4.18. The van der Waals surface area contributed by atoms with Crippen LogP contribution in [0.1, 0.15) is 46.5 Å². The molecule has 2 N–H and O–H groups in total. The number of hydrogen-bond acceptors (Lipinski definition) is 4. The molecule has 2 fully saturated rings. The Morgan fingerprint density at radius 2 is 1.85 bits per heavy atom. The van der Waals surface area contributed by atoms with E-state index in [2.05, 4.69) is 20.8 Å². The zero-order valence-electron chi connectivity index (χ0n) is 13.5. The maximum atomic E-state index is 6.57. The summed E-state index contributed by atoms with van der Waals surface area (Å²) in [7, 11) is 1.78. The Morgan fingerprint density at radius 1 is 1.20 bits per heavy atom. The molecule has 4 heteroatoms. The van der Waals surface area contributed by atoms with Crippen LogP contribution in [0.5, 0.6) is 0 Å². The van der Waals surface area contributed by atoms with Gasteiger partial charge in [0, 0.05) is 33.0 Å². The Labute approximate surface area is 123 Å². The smallest absolute Gasteiger partial charge is 0.0772 e. The minimum Gasteiger partial charge on any atom is -0.381 e. The molecule has 0 saturated carbocycles. The number of ether oxygens (including phenoxy) is 3. The van der Waals surface area contributed by atoms with Gasteiger partial charge in [0.1, 0.15) is 0 Å². The van der Waals surface area contributed by atoms with E-state index in [1.54, 1.807) is 7.11 Å². The summed E-state index contributed by atoms with van der Waals surface area (Å²) >= 11 is 0. The summed E-state index contributed by atoms with van der Waals surface area (Å²) in [6.45, 7) is 9.04. The Bertz CT molecular complexity index is 302. The summed E-state index contributed by atoms with van der Waals surface area (Å²) in [5.41, 5.74) is 6.64. The lowest BCUT2D eigenvalue weighted by atomic mass is 9.73. The van der Waals surface area contributed by atoms with Crippen molar-refractivity contribution in [2.75, 3.05) is 26.9 Å². The Hall–Kier alpha value is -0.160. The highest BCUT2D eigenvalue weighted by Crippen LogP contribution is 2.40. The first-order valence-corrected chi connectivity index (χ1v) is 7.88. The first-order valence-electron chi connectivity index (χ1n) is 7.88. The van der Waals surface area contributed by atoms with Gasteiger partial charge in [0.05, 0.1) is 11.7 Å². The molecule has 0 radical (unpaired) electrons. The molecule has 2 heterocycles. The van der Waals surface area contributed by atoms with Gasteiger partial charge in [-0.1, -0.05) is 20.8 Å². The zero-order chi connectivity index (χ0) is 14.8. The highest BCUT2D eigenvalue weighted by atomic mass is 16.5. The van der Waals surface area contributed by atoms with Gasteiger partial charge in [-0.15, -0.1) is 0 Å². The molecule has 2 aliphatic heterocycles. The Balaban J connectivity index is 2.04. The highest BCUT2D eigenvalue weighted by molar-refractivity contribution is 4.96. The molecule has 3 unspecified atom stereocenters. The SMILES string of the molecule is COC(C(N)C1CCOC2(CCOCC2)C1)C(C)(C)C. The summed E-state index contributed by atoms with van der Waals surface area (Å²) in [5.74, 6) is 0.478. The molecule has 2 aliphatic rings. The number of nitrogens with two attached hydrogens (primary N) is 1. The summed E-state index contributed by atoms with van der Waals surface area (Å²) in [4.78, 5) is 0. The van der Waals surface area contributed by atoms with Crippen LogP contribution in [0.15, 0.2) is 0 Å². The van der Waals surface area contributed by atoms with Gasteiger partial charge >= 0.3 is 0 Å². The molecule has 2 rings (SSSR count).